The van der Waals surface area contributed by atoms with E-state index in [4.69, 9.17) is 0 Å². The van der Waals surface area contributed by atoms with Gasteiger partial charge in [0.2, 0.25) is 0 Å². The minimum absolute atomic E-state index is 0.0438. The zero-order valence-electron chi connectivity index (χ0n) is 14.2. The first-order valence-corrected chi connectivity index (χ1v) is 9.05. The summed E-state index contributed by atoms with van der Waals surface area (Å²) >= 11 is 0. The molecule has 1 heterocycles. The van der Waals surface area contributed by atoms with Crippen LogP contribution in [-0.2, 0) is 0 Å². The van der Waals surface area contributed by atoms with Gasteiger partial charge in [0.25, 0.3) is 17.7 Å². The van der Waals surface area contributed by atoms with E-state index >= 15 is 0 Å². The topological polar surface area (TPSA) is 57.7 Å². The molecule has 2 saturated carbocycles. The zero-order chi connectivity index (χ0) is 17.6. The van der Waals surface area contributed by atoms with Crippen LogP contribution in [0.25, 0.3) is 0 Å². The quantitative estimate of drug-likeness (QED) is 0.612. The Morgan fingerprint density at radius 3 is 2.44 bits per heavy atom. The molecule has 0 unspecified atom stereocenters. The van der Waals surface area contributed by atoms with E-state index in [9.17, 15) is 14.4 Å². The maximum absolute atomic E-state index is 13.0. The first-order valence-electron chi connectivity index (χ1n) is 9.05. The SMILES string of the molecule is C=CCN(C(=O)c1ccc2c(c1)C(=O)N(C1CC1)C2=O)C1CCCC1. The van der Waals surface area contributed by atoms with E-state index in [-0.39, 0.29) is 29.8 Å². The fraction of sp³-hybridized carbons (Fsp3) is 0.450. The Kier molecular flexibility index (Phi) is 3.94. The lowest BCUT2D eigenvalue weighted by Gasteiger charge is -2.28. The summed E-state index contributed by atoms with van der Waals surface area (Å²) in [5.41, 5.74) is 1.27. The maximum Gasteiger partial charge on any atom is 0.261 e. The van der Waals surface area contributed by atoms with Gasteiger partial charge in [0.05, 0.1) is 11.1 Å². The molecule has 1 aromatic rings. The molecule has 3 amide bonds. The van der Waals surface area contributed by atoms with E-state index in [0.717, 1.165) is 38.5 Å². The lowest BCUT2D eigenvalue weighted by Crippen LogP contribution is -2.39. The van der Waals surface area contributed by atoms with Gasteiger partial charge in [-0.1, -0.05) is 18.9 Å². The van der Waals surface area contributed by atoms with E-state index < -0.39 is 0 Å². The third kappa shape index (κ3) is 2.68. The fourth-order valence-corrected chi connectivity index (χ4v) is 3.98. The van der Waals surface area contributed by atoms with Crippen molar-refractivity contribution in [3.63, 3.8) is 0 Å². The van der Waals surface area contributed by atoms with Gasteiger partial charge in [0.1, 0.15) is 0 Å². The normalized spacial score (nSPS) is 20.1. The molecular formula is C20H22N2O3. The number of hydrogen-bond acceptors (Lipinski definition) is 3. The second-order valence-electron chi connectivity index (χ2n) is 7.16. The van der Waals surface area contributed by atoms with Crippen LogP contribution < -0.4 is 0 Å². The number of nitrogens with zero attached hydrogens (tertiary/aromatic N) is 2. The second-order valence-corrected chi connectivity index (χ2v) is 7.16. The molecule has 130 valence electrons. The van der Waals surface area contributed by atoms with Crippen LogP contribution >= 0.6 is 0 Å². The van der Waals surface area contributed by atoms with Gasteiger partial charge < -0.3 is 4.90 Å². The van der Waals surface area contributed by atoms with Crippen LogP contribution in [0.2, 0.25) is 0 Å². The van der Waals surface area contributed by atoms with Crippen LogP contribution in [0.4, 0.5) is 0 Å². The van der Waals surface area contributed by atoms with Crippen molar-refractivity contribution in [2.24, 2.45) is 0 Å². The predicted molar refractivity (Wildman–Crippen MR) is 93.5 cm³/mol. The third-order valence-corrected chi connectivity index (χ3v) is 5.43. The molecule has 0 bridgehead atoms. The van der Waals surface area contributed by atoms with Gasteiger partial charge in [-0.2, -0.15) is 0 Å². The van der Waals surface area contributed by atoms with Gasteiger partial charge in [0.15, 0.2) is 0 Å². The van der Waals surface area contributed by atoms with Gasteiger partial charge in [-0.25, -0.2) is 0 Å². The van der Waals surface area contributed by atoms with Crippen molar-refractivity contribution in [1.82, 2.24) is 9.80 Å². The predicted octanol–water partition coefficient (Wildman–Crippen LogP) is 3.02. The van der Waals surface area contributed by atoms with Crippen molar-refractivity contribution in [3.8, 4) is 0 Å². The monoisotopic (exact) mass is 338 g/mol. The summed E-state index contributed by atoms with van der Waals surface area (Å²) in [7, 11) is 0. The zero-order valence-corrected chi connectivity index (χ0v) is 14.2. The molecule has 3 aliphatic rings. The maximum atomic E-state index is 13.0. The first-order chi connectivity index (χ1) is 12.1. The number of fused-ring (bicyclic) bond motifs is 1. The summed E-state index contributed by atoms with van der Waals surface area (Å²) in [6.07, 6.45) is 7.80. The highest BCUT2D eigenvalue weighted by molar-refractivity contribution is 6.22. The summed E-state index contributed by atoms with van der Waals surface area (Å²) in [6, 6.07) is 5.19. The van der Waals surface area contributed by atoms with Crippen LogP contribution in [0.5, 0.6) is 0 Å². The number of benzene rings is 1. The van der Waals surface area contributed by atoms with Gasteiger partial charge in [-0.05, 0) is 43.9 Å². The summed E-state index contributed by atoms with van der Waals surface area (Å²) < 4.78 is 0. The van der Waals surface area contributed by atoms with Gasteiger partial charge >= 0.3 is 0 Å². The second kappa shape index (κ2) is 6.14. The van der Waals surface area contributed by atoms with Gasteiger partial charge in [-0.15, -0.1) is 6.58 Å². The van der Waals surface area contributed by atoms with E-state index in [1.807, 2.05) is 4.90 Å². The Labute approximate surface area is 147 Å². The van der Waals surface area contributed by atoms with Crippen molar-refractivity contribution in [2.75, 3.05) is 6.54 Å². The summed E-state index contributed by atoms with van der Waals surface area (Å²) in [5, 5.41) is 0. The number of carbonyl (C=O) groups is 3. The van der Waals surface area contributed by atoms with E-state index in [2.05, 4.69) is 6.58 Å². The molecule has 0 atom stereocenters. The molecule has 5 nitrogen and oxygen atoms in total. The van der Waals surface area contributed by atoms with Crippen molar-refractivity contribution < 1.29 is 14.4 Å². The molecule has 0 aromatic heterocycles. The number of imide groups is 1. The Morgan fingerprint density at radius 2 is 1.80 bits per heavy atom. The van der Waals surface area contributed by atoms with E-state index in [1.54, 1.807) is 24.3 Å². The molecule has 0 radical (unpaired) electrons. The molecule has 0 N–H and O–H groups in total. The fourth-order valence-electron chi connectivity index (χ4n) is 3.98. The van der Waals surface area contributed by atoms with Gasteiger partial charge in [-0.3, -0.25) is 19.3 Å². The largest absolute Gasteiger partial charge is 0.332 e. The van der Waals surface area contributed by atoms with E-state index in [0.29, 0.717) is 23.2 Å². The Hall–Kier alpha value is -2.43. The average Bonchev–Trinajstić information content (AvgIpc) is 3.23. The summed E-state index contributed by atoms with van der Waals surface area (Å²) in [6.45, 7) is 4.27. The number of amides is 3. The van der Waals surface area contributed by atoms with Crippen LogP contribution in [-0.4, -0.2) is 46.1 Å². The molecule has 1 aliphatic heterocycles. The highest BCUT2D eigenvalue weighted by Gasteiger charge is 2.44. The molecule has 25 heavy (non-hydrogen) atoms. The van der Waals surface area contributed by atoms with Crippen LogP contribution in [0.3, 0.4) is 0 Å². The molecular weight excluding hydrogens is 316 g/mol. The number of rotatable bonds is 5. The van der Waals surface area contributed by atoms with Gasteiger partial charge in [0, 0.05) is 24.2 Å². The molecule has 1 aromatic carbocycles. The van der Waals surface area contributed by atoms with Crippen molar-refractivity contribution in [2.45, 2.75) is 50.6 Å². The van der Waals surface area contributed by atoms with E-state index in [1.165, 1.54) is 4.90 Å². The average molecular weight is 338 g/mol. The van der Waals surface area contributed by atoms with Crippen molar-refractivity contribution in [3.05, 3.63) is 47.5 Å². The molecule has 4 rings (SSSR count). The Morgan fingerprint density at radius 1 is 1.12 bits per heavy atom. The molecule has 2 aliphatic carbocycles. The molecule has 2 fully saturated rings. The van der Waals surface area contributed by atoms with Crippen LogP contribution in [0.1, 0.15) is 69.6 Å². The Bertz CT molecular complexity index is 760. The highest BCUT2D eigenvalue weighted by atomic mass is 16.2. The Balaban J connectivity index is 1.63. The van der Waals surface area contributed by atoms with Crippen molar-refractivity contribution in [1.29, 1.82) is 0 Å². The third-order valence-electron chi connectivity index (χ3n) is 5.43. The first kappa shape index (κ1) is 16.1. The minimum atomic E-state index is -0.256. The lowest BCUT2D eigenvalue weighted by molar-refractivity contribution is 0.0641. The molecule has 0 spiro atoms. The number of hydrogen-bond donors (Lipinski definition) is 0. The van der Waals surface area contributed by atoms with Crippen molar-refractivity contribution >= 4 is 17.7 Å². The smallest absolute Gasteiger partial charge is 0.261 e. The van der Waals surface area contributed by atoms with Crippen LogP contribution in [0, 0.1) is 0 Å². The standard InChI is InChI=1S/C20H22N2O3/c1-2-11-21(14-5-3-4-6-14)18(23)13-7-10-16-17(12-13)20(25)22(19(16)24)15-8-9-15/h2,7,10,12,14-15H,1,3-6,8-9,11H2. The lowest BCUT2D eigenvalue weighted by atomic mass is 10.0. The number of carbonyl (C=O) groups excluding carboxylic acids is 3. The summed E-state index contributed by atoms with van der Waals surface area (Å²) in [4.78, 5) is 41.2. The van der Waals surface area contributed by atoms with Crippen LogP contribution in [0.15, 0.2) is 30.9 Å². The molecule has 0 saturated heterocycles. The molecule has 5 heteroatoms. The minimum Gasteiger partial charge on any atom is -0.332 e. The highest BCUT2D eigenvalue weighted by Crippen LogP contribution is 2.35. The summed E-state index contributed by atoms with van der Waals surface area (Å²) in [5.74, 6) is -0.562.